The minimum absolute atomic E-state index is 0.203. The first-order valence-electron chi connectivity index (χ1n) is 7.81. The summed E-state index contributed by atoms with van der Waals surface area (Å²) in [4.78, 5) is 2.50. The summed E-state index contributed by atoms with van der Waals surface area (Å²) < 4.78 is 11.7. The molecule has 0 aromatic heterocycles. The van der Waals surface area contributed by atoms with E-state index in [0.29, 0.717) is 19.3 Å². The number of hydrogen-bond acceptors (Lipinski definition) is 4. The van der Waals surface area contributed by atoms with E-state index < -0.39 is 5.79 Å². The third-order valence-electron chi connectivity index (χ3n) is 5.21. The molecular formula is C15H27NO3. The van der Waals surface area contributed by atoms with E-state index in [1.165, 1.54) is 12.8 Å². The van der Waals surface area contributed by atoms with Gasteiger partial charge in [-0.1, -0.05) is 6.92 Å². The highest BCUT2D eigenvalue weighted by molar-refractivity contribution is 4.95. The molecule has 3 rings (SSSR count). The zero-order chi connectivity index (χ0) is 13.5. The predicted octanol–water partition coefficient (Wildman–Crippen LogP) is 1.76. The number of aliphatic hydroxyl groups is 1. The Bertz CT molecular complexity index is 317. The van der Waals surface area contributed by atoms with Crippen LogP contribution in [0.4, 0.5) is 0 Å². The van der Waals surface area contributed by atoms with Crippen molar-refractivity contribution < 1.29 is 14.6 Å². The largest absolute Gasteiger partial charge is 0.391 e. The van der Waals surface area contributed by atoms with Crippen molar-refractivity contribution in [2.45, 2.75) is 69.9 Å². The van der Waals surface area contributed by atoms with Crippen LogP contribution in [0.2, 0.25) is 0 Å². The van der Waals surface area contributed by atoms with Crippen molar-refractivity contribution in [2.24, 2.45) is 5.92 Å². The molecule has 3 aliphatic rings. The van der Waals surface area contributed by atoms with Crippen molar-refractivity contribution in [1.29, 1.82) is 0 Å². The Hall–Kier alpha value is -0.160. The first-order chi connectivity index (χ1) is 9.10. The van der Waals surface area contributed by atoms with E-state index in [9.17, 15) is 5.11 Å². The highest BCUT2D eigenvalue weighted by atomic mass is 16.7. The Kier molecular flexibility index (Phi) is 3.87. The number of ether oxygens (including phenoxy) is 2. The molecule has 1 spiro atoms. The summed E-state index contributed by atoms with van der Waals surface area (Å²) in [5.74, 6) is 0.409. The van der Waals surface area contributed by atoms with Gasteiger partial charge in [-0.05, 0) is 38.6 Å². The zero-order valence-electron chi connectivity index (χ0n) is 12.2. The maximum Gasteiger partial charge on any atom is 0.170 e. The molecule has 1 aliphatic carbocycles. The van der Waals surface area contributed by atoms with Gasteiger partial charge in [0.2, 0.25) is 0 Å². The van der Waals surface area contributed by atoms with Crippen molar-refractivity contribution in [2.75, 3.05) is 19.8 Å². The first-order valence-corrected chi connectivity index (χ1v) is 7.81. The van der Waals surface area contributed by atoms with Gasteiger partial charge in [-0.3, -0.25) is 4.90 Å². The summed E-state index contributed by atoms with van der Waals surface area (Å²) in [5, 5.41) is 10.4. The predicted molar refractivity (Wildman–Crippen MR) is 72.8 cm³/mol. The Morgan fingerprint density at radius 2 is 1.89 bits per heavy atom. The molecular weight excluding hydrogens is 242 g/mol. The molecule has 1 N–H and O–H groups in total. The van der Waals surface area contributed by atoms with Gasteiger partial charge >= 0.3 is 0 Å². The lowest BCUT2D eigenvalue weighted by Crippen LogP contribution is -2.57. The zero-order valence-corrected chi connectivity index (χ0v) is 12.2. The van der Waals surface area contributed by atoms with Gasteiger partial charge in [0, 0.05) is 24.9 Å². The monoisotopic (exact) mass is 269 g/mol. The SMILES string of the molecule is CC1CCN(C2CC3(CCC2O)OCCO3)C(C)C1. The van der Waals surface area contributed by atoms with Crippen molar-refractivity contribution in [3.8, 4) is 0 Å². The highest BCUT2D eigenvalue weighted by Gasteiger charge is 2.47. The summed E-state index contributed by atoms with van der Waals surface area (Å²) >= 11 is 0. The van der Waals surface area contributed by atoms with Crippen LogP contribution in [-0.2, 0) is 9.47 Å². The fourth-order valence-corrected chi connectivity index (χ4v) is 4.13. The molecule has 2 aliphatic heterocycles. The van der Waals surface area contributed by atoms with E-state index in [1.807, 2.05) is 0 Å². The maximum atomic E-state index is 10.4. The van der Waals surface area contributed by atoms with Crippen LogP contribution in [0.3, 0.4) is 0 Å². The summed E-state index contributed by atoms with van der Waals surface area (Å²) in [5.41, 5.74) is 0. The summed E-state index contributed by atoms with van der Waals surface area (Å²) in [6, 6.07) is 0.759. The average molecular weight is 269 g/mol. The van der Waals surface area contributed by atoms with Crippen LogP contribution in [0, 0.1) is 5.92 Å². The van der Waals surface area contributed by atoms with Crippen molar-refractivity contribution >= 4 is 0 Å². The maximum absolute atomic E-state index is 10.4. The smallest absolute Gasteiger partial charge is 0.170 e. The van der Waals surface area contributed by atoms with E-state index >= 15 is 0 Å². The first kappa shape index (κ1) is 13.8. The third kappa shape index (κ3) is 2.68. The standard InChI is InChI=1S/C15H27NO3/c1-11-4-6-16(12(2)9-11)13-10-15(5-3-14(13)17)18-7-8-19-15/h11-14,17H,3-10H2,1-2H3. The van der Waals surface area contributed by atoms with E-state index in [4.69, 9.17) is 9.47 Å². The van der Waals surface area contributed by atoms with Crippen LogP contribution < -0.4 is 0 Å². The van der Waals surface area contributed by atoms with Gasteiger partial charge in [0.05, 0.1) is 19.3 Å². The third-order valence-corrected chi connectivity index (χ3v) is 5.21. The van der Waals surface area contributed by atoms with Crippen LogP contribution in [0.15, 0.2) is 0 Å². The molecule has 0 aromatic rings. The normalized spacial score (nSPS) is 43.7. The lowest BCUT2D eigenvalue weighted by Gasteiger charge is -2.48. The highest BCUT2D eigenvalue weighted by Crippen LogP contribution is 2.39. The molecule has 3 fully saturated rings. The molecule has 0 amide bonds. The molecule has 19 heavy (non-hydrogen) atoms. The van der Waals surface area contributed by atoms with Crippen molar-refractivity contribution in [3.63, 3.8) is 0 Å². The fourth-order valence-electron chi connectivity index (χ4n) is 4.13. The lowest BCUT2D eigenvalue weighted by atomic mass is 9.83. The van der Waals surface area contributed by atoms with Gasteiger partial charge in [-0.15, -0.1) is 0 Å². The number of likely N-dealkylation sites (tertiary alicyclic amines) is 1. The molecule has 2 saturated heterocycles. The minimum atomic E-state index is -0.396. The molecule has 4 unspecified atom stereocenters. The van der Waals surface area contributed by atoms with Gasteiger partial charge in [-0.25, -0.2) is 0 Å². The second-order valence-corrected chi connectivity index (χ2v) is 6.70. The molecule has 2 heterocycles. The lowest BCUT2D eigenvalue weighted by molar-refractivity contribution is -0.208. The molecule has 4 heteroatoms. The number of hydrogen-bond donors (Lipinski definition) is 1. The Balaban J connectivity index is 1.71. The average Bonchev–Trinajstić information content (AvgIpc) is 2.82. The molecule has 4 nitrogen and oxygen atoms in total. The number of aliphatic hydroxyl groups excluding tert-OH is 1. The quantitative estimate of drug-likeness (QED) is 0.787. The van der Waals surface area contributed by atoms with Gasteiger partial charge < -0.3 is 14.6 Å². The topological polar surface area (TPSA) is 41.9 Å². The second-order valence-electron chi connectivity index (χ2n) is 6.70. The molecule has 4 atom stereocenters. The van der Waals surface area contributed by atoms with Crippen LogP contribution in [0.5, 0.6) is 0 Å². The number of piperidine rings is 1. The summed E-state index contributed by atoms with van der Waals surface area (Å²) in [7, 11) is 0. The van der Waals surface area contributed by atoms with E-state index in [2.05, 4.69) is 18.7 Å². The molecule has 0 radical (unpaired) electrons. The van der Waals surface area contributed by atoms with Gasteiger partial charge in [0.1, 0.15) is 0 Å². The van der Waals surface area contributed by atoms with Crippen LogP contribution in [0.1, 0.15) is 46.0 Å². The summed E-state index contributed by atoms with van der Waals surface area (Å²) in [6.45, 7) is 7.13. The Morgan fingerprint density at radius 1 is 1.16 bits per heavy atom. The Labute approximate surface area is 116 Å². The molecule has 110 valence electrons. The number of nitrogens with zero attached hydrogens (tertiary/aromatic N) is 1. The van der Waals surface area contributed by atoms with Gasteiger partial charge in [0.15, 0.2) is 5.79 Å². The van der Waals surface area contributed by atoms with E-state index in [1.54, 1.807) is 0 Å². The van der Waals surface area contributed by atoms with Crippen LogP contribution in [0.25, 0.3) is 0 Å². The molecule has 0 bridgehead atoms. The summed E-state index contributed by atoms with van der Waals surface area (Å²) in [6.07, 6.45) is 4.70. The molecule has 0 aromatic carbocycles. The Morgan fingerprint density at radius 3 is 2.58 bits per heavy atom. The fraction of sp³-hybridized carbons (Fsp3) is 1.00. The minimum Gasteiger partial charge on any atom is -0.391 e. The van der Waals surface area contributed by atoms with E-state index in [0.717, 1.165) is 31.7 Å². The van der Waals surface area contributed by atoms with Crippen LogP contribution in [-0.4, -0.2) is 53.7 Å². The van der Waals surface area contributed by atoms with Crippen molar-refractivity contribution in [3.05, 3.63) is 0 Å². The van der Waals surface area contributed by atoms with Gasteiger partial charge in [-0.2, -0.15) is 0 Å². The molecule has 1 saturated carbocycles. The number of rotatable bonds is 1. The van der Waals surface area contributed by atoms with Crippen LogP contribution >= 0.6 is 0 Å². The second kappa shape index (κ2) is 5.32. The van der Waals surface area contributed by atoms with Crippen molar-refractivity contribution in [1.82, 2.24) is 4.90 Å². The van der Waals surface area contributed by atoms with E-state index in [-0.39, 0.29) is 12.1 Å². The van der Waals surface area contributed by atoms with Gasteiger partial charge in [0.25, 0.3) is 0 Å².